The maximum atomic E-state index is 12.6. The van der Waals surface area contributed by atoms with Crippen LogP contribution in [0.3, 0.4) is 0 Å². The summed E-state index contributed by atoms with van der Waals surface area (Å²) in [6.45, 7) is 3.19. The third kappa shape index (κ3) is 3.05. The zero-order valence-corrected chi connectivity index (χ0v) is 13.9. The Balaban J connectivity index is 1.61. The van der Waals surface area contributed by atoms with Crippen molar-refractivity contribution in [3.8, 4) is 11.3 Å². The number of likely N-dealkylation sites (tertiary alicyclic amines) is 1. The summed E-state index contributed by atoms with van der Waals surface area (Å²) in [7, 11) is 0. The first-order valence-corrected chi connectivity index (χ1v) is 8.29. The molecule has 4 rings (SSSR count). The van der Waals surface area contributed by atoms with E-state index in [-0.39, 0.29) is 11.8 Å². The molecule has 0 radical (unpaired) electrons. The lowest BCUT2D eigenvalue weighted by atomic mass is 9.91. The lowest BCUT2D eigenvalue weighted by molar-refractivity contribution is 0.0674. The summed E-state index contributed by atoms with van der Waals surface area (Å²) in [5, 5.41) is 3.95. The molecule has 1 atom stereocenters. The maximum Gasteiger partial charge on any atom is 0.289 e. The summed E-state index contributed by atoms with van der Waals surface area (Å²) < 4.78 is 10.6. The van der Waals surface area contributed by atoms with Gasteiger partial charge in [-0.1, -0.05) is 5.16 Å². The molecule has 0 aliphatic carbocycles. The van der Waals surface area contributed by atoms with Gasteiger partial charge in [-0.05, 0) is 31.9 Å². The van der Waals surface area contributed by atoms with Crippen LogP contribution < -0.4 is 0 Å². The number of hydrogen-bond donors (Lipinski definition) is 0. The van der Waals surface area contributed by atoms with Gasteiger partial charge in [0, 0.05) is 31.3 Å². The molecule has 3 aromatic heterocycles. The molecule has 3 aromatic rings. The Bertz CT molecular complexity index is 872. The van der Waals surface area contributed by atoms with E-state index in [2.05, 4.69) is 15.1 Å². The number of hydrogen-bond acceptors (Lipinski definition) is 6. The number of carbonyl (C=O) groups is 1. The Morgan fingerprint density at radius 1 is 1.40 bits per heavy atom. The number of aromatic nitrogens is 3. The van der Waals surface area contributed by atoms with Gasteiger partial charge >= 0.3 is 0 Å². The van der Waals surface area contributed by atoms with E-state index in [0.717, 1.165) is 36.3 Å². The van der Waals surface area contributed by atoms with Gasteiger partial charge in [0.1, 0.15) is 6.33 Å². The van der Waals surface area contributed by atoms with Crippen LogP contribution in [-0.2, 0) is 0 Å². The van der Waals surface area contributed by atoms with Gasteiger partial charge in [0.25, 0.3) is 5.91 Å². The highest BCUT2D eigenvalue weighted by molar-refractivity contribution is 5.91. The molecule has 1 saturated heterocycles. The third-order valence-electron chi connectivity index (χ3n) is 4.46. The van der Waals surface area contributed by atoms with Crippen molar-refractivity contribution >= 4 is 5.91 Å². The second-order valence-corrected chi connectivity index (χ2v) is 6.22. The first-order chi connectivity index (χ1) is 12.2. The first kappa shape index (κ1) is 15.6. The van der Waals surface area contributed by atoms with Gasteiger partial charge in [-0.3, -0.25) is 4.79 Å². The van der Waals surface area contributed by atoms with Crippen molar-refractivity contribution in [2.45, 2.75) is 25.7 Å². The average Bonchev–Trinajstić information content (AvgIpc) is 3.33. The largest absolute Gasteiger partial charge is 0.459 e. The summed E-state index contributed by atoms with van der Waals surface area (Å²) >= 11 is 0. The van der Waals surface area contributed by atoms with Crippen molar-refractivity contribution in [2.75, 3.05) is 13.1 Å². The standard InChI is InChI=1S/C18H18N4O3/c1-12-8-16(25-21-12)14-9-19-11-20-17(14)13-4-2-6-22(10-13)18(23)15-5-3-7-24-15/h3,5,7-9,11,13H,2,4,6,10H2,1H3/t13-/m0/s1. The van der Waals surface area contributed by atoms with E-state index < -0.39 is 0 Å². The summed E-state index contributed by atoms with van der Waals surface area (Å²) in [5.41, 5.74) is 2.53. The smallest absolute Gasteiger partial charge is 0.289 e. The Hall–Kier alpha value is -2.96. The summed E-state index contributed by atoms with van der Waals surface area (Å²) in [6, 6.07) is 5.29. The van der Waals surface area contributed by atoms with Crippen LogP contribution in [0.25, 0.3) is 11.3 Å². The zero-order valence-electron chi connectivity index (χ0n) is 13.9. The van der Waals surface area contributed by atoms with Crippen LogP contribution in [0.4, 0.5) is 0 Å². The van der Waals surface area contributed by atoms with Crippen LogP contribution in [0.2, 0.25) is 0 Å². The Labute approximate surface area is 144 Å². The highest BCUT2D eigenvalue weighted by Crippen LogP contribution is 2.33. The average molecular weight is 338 g/mol. The lowest BCUT2D eigenvalue weighted by Crippen LogP contribution is -2.39. The molecule has 128 valence electrons. The highest BCUT2D eigenvalue weighted by atomic mass is 16.5. The molecule has 0 N–H and O–H groups in total. The highest BCUT2D eigenvalue weighted by Gasteiger charge is 2.29. The molecule has 1 aliphatic rings. The Morgan fingerprint density at radius 2 is 2.32 bits per heavy atom. The molecule has 0 aromatic carbocycles. The molecule has 1 aliphatic heterocycles. The summed E-state index contributed by atoms with van der Waals surface area (Å²) in [4.78, 5) is 23.0. The second-order valence-electron chi connectivity index (χ2n) is 6.22. The second kappa shape index (κ2) is 6.51. The molecule has 1 fully saturated rings. The first-order valence-electron chi connectivity index (χ1n) is 8.29. The third-order valence-corrected chi connectivity index (χ3v) is 4.46. The minimum Gasteiger partial charge on any atom is -0.459 e. The van der Waals surface area contributed by atoms with Gasteiger partial charge in [-0.2, -0.15) is 0 Å². The van der Waals surface area contributed by atoms with Gasteiger partial charge < -0.3 is 13.8 Å². The lowest BCUT2D eigenvalue weighted by Gasteiger charge is -2.32. The molecule has 7 nitrogen and oxygen atoms in total. The van der Waals surface area contributed by atoms with Gasteiger partial charge in [0.15, 0.2) is 11.5 Å². The van der Waals surface area contributed by atoms with Crippen molar-refractivity contribution < 1.29 is 13.7 Å². The van der Waals surface area contributed by atoms with Crippen LogP contribution in [0.5, 0.6) is 0 Å². The molecular weight excluding hydrogens is 320 g/mol. The van der Waals surface area contributed by atoms with Crippen LogP contribution in [0.15, 0.2) is 45.9 Å². The molecular formula is C18H18N4O3. The maximum absolute atomic E-state index is 12.6. The van der Waals surface area contributed by atoms with E-state index in [4.69, 9.17) is 8.94 Å². The predicted molar refractivity (Wildman–Crippen MR) is 88.9 cm³/mol. The van der Waals surface area contributed by atoms with E-state index in [1.807, 2.05) is 17.9 Å². The SMILES string of the molecule is Cc1cc(-c2cncnc2[C@H]2CCCN(C(=O)c3ccco3)C2)on1. The number of aryl methyl sites for hydroxylation is 1. The monoisotopic (exact) mass is 338 g/mol. The van der Waals surface area contributed by atoms with Crippen molar-refractivity contribution in [2.24, 2.45) is 0 Å². The zero-order chi connectivity index (χ0) is 17.2. The van der Waals surface area contributed by atoms with Crippen LogP contribution in [0, 0.1) is 6.92 Å². The van der Waals surface area contributed by atoms with Gasteiger partial charge in [0.2, 0.25) is 0 Å². The van der Waals surface area contributed by atoms with Crippen molar-refractivity contribution in [1.29, 1.82) is 0 Å². The topological polar surface area (TPSA) is 85.3 Å². The Morgan fingerprint density at radius 3 is 3.08 bits per heavy atom. The van der Waals surface area contributed by atoms with Crippen molar-refractivity contribution in [3.05, 3.63) is 54.1 Å². The summed E-state index contributed by atoms with van der Waals surface area (Å²) in [6.07, 6.45) is 6.67. The fraction of sp³-hybridized carbons (Fsp3) is 0.333. The number of carbonyl (C=O) groups excluding carboxylic acids is 1. The minimum atomic E-state index is -0.0826. The Kier molecular flexibility index (Phi) is 4.05. The van der Waals surface area contributed by atoms with Crippen LogP contribution in [0.1, 0.15) is 40.7 Å². The molecule has 0 saturated carbocycles. The van der Waals surface area contributed by atoms with Crippen LogP contribution >= 0.6 is 0 Å². The quantitative estimate of drug-likeness (QED) is 0.729. The number of piperidine rings is 1. The van der Waals surface area contributed by atoms with E-state index in [0.29, 0.717) is 18.1 Å². The van der Waals surface area contributed by atoms with Crippen molar-refractivity contribution in [1.82, 2.24) is 20.0 Å². The fourth-order valence-electron chi connectivity index (χ4n) is 3.29. The number of nitrogens with zero attached hydrogens (tertiary/aromatic N) is 4. The molecule has 0 bridgehead atoms. The number of amides is 1. The summed E-state index contributed by atoms with van der Waals surface area (Å²) in [5.74, 6) is 1.06. The van der Waals surface area contributed by atoms with E-state index in [1.165, 1.54) is 12.6 Å². The number of rotatable bonds is 3. The van der Waals surface area contributed by atoms with Gasteiger partial charge in [0.05, 0.1) is 23.2 Å². The minimum absolute atomic E-state index is 0.0826. The van der Waals surface area contributed by atoms with E-state index >= 15 is 0 Å². The molecule has 1 amide bonds. The number of furan rings is 1. The van der Waals surface area contributed by atoms with Crippen LogP contribution in [-0.4, -0.2) is 39.0 Å². The molecule has 25 heavy (non-hydrogen) atoms. The van der Waals surface area contributed by atoms with Crippen molar-refractivity contribution in [3.63, 3.8) is 0 Å². The molecule has 0 spiro atoms. The van der Waals surface area contributed by atoms with E-state index in [1.54, 1.807) is 18.3 Å². The normalized spacial score (nSPS) is 17.6. The van der Waals surface area contributed by atoms with Gasteiger partial charge in [-0.15, -0.1) is 0 Å². The fourth-order valence-corrected chi connectivity index (χ4v) is 3.29. The van der Waals surface area contributed by atoms with Gasteiger partial charge in [-0.25, -0.2) is 9.97 Å². The van der Waals surface area contributed by atoms with E-state index in [9.17, 15) is 4.79 Å². The molecule has 0 unspecified atom stereocenters. The molecule has 4 heterocycles. The molecule has 7 heteroatoms. The predicted octanol–water partition coefficient (Wildman–Crippen LogP) is 3.05.